The average Bonchev–Trinajstić information content (AvgIpc) is 3.33. The van der Waals surface area contributed by atoms with Gasteiger partial charge in [-0.3, -0.25) is 4.79 Å². The second kappa shape index (κ2) is 10.0. The third-order valence-electron chi connectivity index (χ3n) is 5.43. The van der Waals surface area contributed by atoms with E-state index in [0.717, 1.165) is 37.1 Å². The van der Waals surface area contributed by atoms with E-state index < -0.39 is 11.9 Å². The molecule has 0 saturated carbocycles. The van der Waals surface area contributed by atoms with Gasteiger partial charge in [-0.25, -0.2) is 9.97 Å². The first-order chi connectivity index (χ1) is 15.4. The van der Waals surface area contributed by atoms with Gasteiger partial charge in [-0.15, -0.1) is 11.3 Å². The molecule has 0 aliphatic carbocycles. The molecule has 0 bridgehead atoms. The minimum atomic E-state index is -4.57. The van der Waals surface area contributed by atoms with Gasteiger partial charge in [-0.05, 0) is 48.3 Å². The highest BCUT2D eigenvalue weighted by Crippen LogP contribution is 2.33. The van der Waals surface area contributed by atoms with E-state index in [4.69, 9.17) is 0 Å². The number of halogens is 3. The SMILES string of the molecule is O=C(CSc1nc(-c2cccs2)cc(C(F)(F)F)n1)N1CCC(Cc2ccccc2)CC1. The zero-order valence-electron chi connectivity index (χ0n) is 17.2. The van der Waals surface area contributed by atoms with Crippen molar-refractivity contribution in [3.05, 3.63) is 65.2 Å². The van der Waals surface area contributed by atoms with E-state index in [1.807, 2.05) is 18.2 Å². The van der Waals surface area contributed by atoms with Gasteiger partial charge in [-0.2, -0.15) is 13.2 Å². The molecule has 0 spiro atoms. The number of carbonyl (C=O) groups excluding carboxylic acids is 1. The molecule has 4 nitrogen and oxygen atoms in total. The van der Waals surface area contributed by atoms with E-state index in [1.54, 1.807) is 22.4 Å². The Balaban J connectivity index is 1.35. The van der Waals surface area contributed by atoms with Crippen LogP contribution >= 0.6 is 23.1 Å². The lowest BCUT2D eigenvalue weighted by Gasteiger charge is -2.32. The molecule has 168 valence electrons. The highest BCUT2D eigenvalue weighted by atomic mass is 32.2. The lowest BCUT2D eigenvalue weighted by molar-refractivity contribution is -0.141. The predicted molar refractivity (Wildman–Crippen MR) is 121 cm³/mol. The standard InChI is InChI=1S/C23H22F3N3OS2/c24-23(25,26)20-14-18(19-7-4-12-31-19)27-22(28-20)32-15-21(30)29-10-8-17(9-11-29)13-16-5-2-1-3-6-16/h1-7,12,14,17H,8-11,13,15H2. The van der Waals surface area contributed by atoms with Crippen LogP contribution in [0.15, 0.2) is 59.1 Å². The molecule has 1 aliphatic rings. The van der Waals surface area contributed by atoms with Gasteiger partial charge in [0, 0.05) is 13.1 Å². The maximum absolute atomic E-state index is 13.3. The van der Waals surface area contributed by atoms with E-state index in [-0.39, 0.29) is 22.5 Å². The minimum Gasteiger partial charge on any atom is -0.342 e. The summed E-state index contributed by atoms with van der Waals surface area (Å²) in [5, 5.41) is 1.75. The van der Waals surface area contributed by atoms with Crippen LogP contribution in [0.1, 0.15) is 24.1 Å². The molecule has 0 atom stereocenters. The van der Waals surface area contributed by atoms with Crippen LogP contribution in [-0.4, -0.2) is 39.6 Å². The smallest absolute Gasteiger partial charge is 0.342 e. The lowest BCUT2D eigenvalue weighted by Crippen LogP contribution is -2.39. The zero-order chi connectivity index (χ0) is 22.6. The number of thiophene rings is 1. The predicted octanol–water partition coefficient (Wildman–Crippen LogP) is 5.80. The molecular formula is C23H22F3N3OS2. The van der Waals surface area contributed by atoms with E-state index in [1.165, 1.54) is 16.9 Å². The topological polar surface area (TPSA) is 46.1 Å². The molecule has 32 heavy (non-hydrogen) atoms. The summed E-state index contributed by atoms with van der Waals surface area (Å²) in [4.78, 5) is 23.0. The molecule has 9 heteroatoms. The van der Waals surface area contributed by atoms with Gasteiger partial charge < -0.3 is 4.90 Å². The summed E-state index contributed by atoms with van der Waals surface area (Å²) in [6.45, 7) is 1.33. The van der Waals surface area contributed by atoms with Crippen molar-refractivity contribution in [3.63, 3.8) is 0 Å². The van der Waals surface area contributed by atoms with Gasteiger partial charge in [0.05, 0.1) is 16.3 Å². The highest BCUT2D eigenvalue weighted by molar-refractivity contribution is 7.99. The second-order valence-electron chi connectivity index (χ2n) is 7.70. The Morgan fingerprint density at radius 1 is 1.09 bits per heavy atom. The first kappa shape index (κ1) is 22.8. The molecule has 3 heterocycles. The summed E-state index contributed by atoms with van der Waals surface area (Å²) in [6, 6.07) is 14.7. The van der Waals surface area contributed by atoms with Gasteiger partial charge in [0.25, 0.3) is 0 Å². The van der Waals surface area contributed by atoms with E-state index in [9.17, 15) is 18.0 Å². The maximum Gasteiger partial charge on any atom is 0.433 e. The van der Waals surface area contributed by atoms with Gasteiger partial charge in [0.1, 0.15) is 5.69 Å². The average molecular weight is 478 g/mol. The van der Waals surface area contributed by atoms with Crippen molar-refractivity contribution in [1.82, 2.24) is 14.9 Å². The largest absolute Gasteiger partial charge is 0.433 e. The van der Waals surface area contributed by atoms with Gasteiger partial charge in [0.2, 0.25) is 5.91 Å². The van der Waals surface area contributed by atoms with E-state index >= 15 is 0 Å². The fraction of sp³-hybridized carbons (Fsp3) is 0.348. The Labute approximate surface area is 192 Å². The molecule has 3 aromatic rings. The number of thioether (sulfide) groups is 1. The Kier molecular flexibility index (Phi) is 7.15. The van der Waals surface area contributed by atoms with Gasteiger partial charge >= 0.3 is 6.18 Å². The number of hydrogen-bond donors (Lipinski definition) is 0. The lowest BCUT2D eigenvalue weighted by atomic mass is 9.90. The van der Waals surface area contributed by atoms with Crippen LogP contribution in [0.25, 0.3) is 10.6 Å². The minimum absolute atomic E-state index is 0.0224. The fourth-order valence-electron chi connectivity index (χ4n) is 3.74. The van der Waals surface area contributed by atoms with Crippen LogP contribution in [0, 0.1) is 5.92 Å². The van der Waals surface area contributed by atoms with Crippen molar-refractivity contribution in [2.24, 2.45) is 5.92 Å². The molecular weight excluding hydrogens is 455 g/mol. The number of benzene rings is 1. The van der Waals surface area contributed by atoms with E-state index in [2.05, 4.69) is 22.1 Å². The van der Waals surface area contributed by atoms with Crippen molar-refractivity contribution in [2.45, 2.75) is 30.6 Å². The third-order valence-corrected chi connectivity index (χ3v) is 7.15. The quantitative estimate of drug-likeness (QED) is 0.333. The van der Waals surface area contributed by atoms with Gasteiger partial charge in [0.15, 0.2) is 5.16 Å². The maximum atomic E-state index is 13.3. The Hall–Kier alpha value is -2.39. The first-order valence-corrected chi connectivity index (χ1v) is 12.2. The summed E-state index contributed by atoms with van der Waals surface area (Å²) in [6.07, 6.45) is -1.72. The molecule has 1 saturated heterocycles. The Bertz CT molecular complexity index is 1030. The van der Waals surface area contributed by atoms with E-state index in [0.29, 0.717) is 23.9 Å². The Morgan fingerprint density at radius 2 is 1.84 bits per heavy atom. The molecule has 2 aromatic heterocycles. The summed E-state index contributed by atoms with van der Waals surface area (Å²) in [5.74, 6) is 0.468. The molecule has 0 radical (unpaired) electrons. The highest BCUT2D eigenvalue weighted by Gasteiger charge is 2.34. The van der Waals surface area contributed by atoms with Crippen molar-refractivity contribution in [2.75, 3.05) is 18.8 Å². The molecule has 1 aromatic carbocycles. The van der Waals surface area contributed by atoms with Crippen molar-refractivity contribution in [3.8, 4) is 10.6 Å². The number of carbonyl (C=O) groups is 1. The van der Waals surface area contributed by atoms with Crippen molar-refractivity contribution >= 4 is 29.0 Å². The van der Waals surface area contributed by atoms with Crippen LogP contribution in [-0.2, 0) is 17.4 Å². The summed E-state index contributed by atoms with van der Waals surface area (Å²) in [5.41, 5.74) is 0.530. The second-order valence-corrected chi connectivity index (χ2v) is 9.59. The zero-order valence-corrected chi connectivity index (χ0v) is 18.8. The normalized spacial score (nSPS) is 15.2. The molecule has 4 rings (SSSR count). The number of amides is 1. The summed E-state index contributed by atoms with van der Waals surface area (Å²) < 4.78 is 39.9. The number of rotatable bonds is 6. The third kappa shape index (κ3) is 5.89. The number of likely N-dealkylation sites (tertiary alicyclic amines) is 1. The van der Waals surface area contributed by atoms with Crippen molar-refractivity contribution in [1.29, 1.82) is 0 Å². The summed E-state index contributed by atoms with van der Waals surface area (Å²) in [7, 11) is 0. The Morgan fingerprint density at radius 3 is 2.50 bits per heavy atom. The van der Waals surface area contributed by atoms with Crippen LogP contribution in [0.5, 0.6) is 0 Å². The number of piperidine rings is 1. The summed E-state index contributed by atoms with van der Waals surface area (Å²) >= 11 is 2.27. The molecule has 0 N–H and O–H groups in total. The monoisotopic (exact) mass is 477 g/mol. The molecule has 1 amide bonds. The number of alkyl halides is 3. The van der Waals surface area contributed by atoms with Crippen LogP contribution < -0.4 is 0 Å². The van der Waals surface area contributed by atoms with Crippen LogP contribution in [0.3, 0.4) is 0 Å². The molecule has 1 aliphatic heterocycles. The number of aromatic nitrogens is 2. The number of nitrogens with zero attached hydrogens (tertiary/aromatic N) is 3. The number of hydrogen-bond acceptors (Lipinski definition) is 5. The fourth-order valence-corrected chi connectivity index (χ4v) is 5.18. The van der Waals surface area contributed by atoms with Crippen molar-refractivity contribution < 1.29 is 18.0 Å². The van der Waals surface area contributed by atoms with Crippen LogP contribution in [0.2, 0.25) is 0 Å². The van der Waals surface area contributed by atoms with Gasteiger partial charge in [-0.1, -0.05) is 48.2 Å². The first-order valence-electron chi connectivity index (χ1n) is 10.3. The molecule has 1 fully saturated rings. The van der Waals surface area contributed by atoms with Crippen LogP contribution in [0.4, 0.5) is 13.2 Å². The molecule has 0 unspecified atom stereocenters.